The lowest BCUT2D eigenvalue weighted by Gasteiger charge is -2.16. The largest absolute Gasteiger partial charge is 0.325 e. The van der Waals surface area contributed by atoms with Crippen LogP contribution in [0.25, 0.3) is 0 Å². The molecule has 4 heteroatoms. The summed E-state index contributed by atoms with van der Waals surface area (Å²) in [6.45, 7) is 0. The van der Waals surface area contributed by atoms with E-state index in [0.717, 1.165) is 5.56 Å². The highest BCUT2D eigenvalue weighted by Crippen LogP contribution is 2.19. The van der Waals surface area contributed by atoms with Crippen LogP contribution < -0.4 is 5.32 Å². The van der Waals surface area contributed by atoms with Crippen LogP contribution >= 0.6 is 11.6 Å². The number of carbonyl (C=O) groups is 2. The van der Waals surface area contributed by atoms with Gasteiger partial charge in [-0.25, -0.2) is 0 Å². The van der Waals surface area contributed by atoms with Crippen LogP contribution in [0.15, 0.2) is 84.9 Å². The van der Waals surface area contributed by atoms with Gasteiger partial charge in [0, 0.05) is 16.3 Å². The van der Waals surface area contributed by atoms with Gasteiger partial charge in [0.2, 0.25) is 5.91 Å². The molecule has 0 bridgehead atoms. The maximum Gasteiger partial charge on any atom is 0.235 e. The number of Topliss-reactive ketones (excluding diaryl/α,β-unsaturated/α-hetero) is 1. The van der Waals surface area contributed by atoms with Gasteiger partial charge in [-0.3, -0.25) is 9.59 Å². The normalized spacial score (nSPS) is 11.6. The van der Waals surface area contributed by atoms with E-state index in [9.17, 15) is 9.59 Å². The van der Waals surface area contributed by atoms with Gasteiger partial charge in [0.05, 0.1) is 0 Å². The van der Waals surface area contributed by atoms with E-state index in [2.05, 4.69) is 5.32 Å². The number of rotatable bonds is 6. The van der Waals surface area contributed by atoms with Gasteiger partial charge in [0.1, 0.15) is 5.92 Å². The van der Waals surface area contributed by atoms with Crippen molar-refractivity contribution in [3.05, 3.63) is 101 Å². The molecule has 130 valence electrons. The molecule has 26 heavy (non-hydrogen) atoms. The summed E-state index contributed by atoms with van der Waals surface area (Å²) in [6.07, 6.45) is 0.309. The fourth-order valence-electron chi connectivity index (χ4n) is 2.72. The molecule has 0 radical (unpaired) electrons. The first-order valence-electron chi connectivity index (χ1n) is 8.33. The minimum Gasteiger partial charge on any atom is -0.325 e. The van der Waals surface area contributed by atoms with Crippen molar-refractivity contribution < 1.29 is 9.59 Å². The average molecular weight is 364 g/mol. The van der Waals surface area contributed by atoms with Gasteiger partial charge in [-0.2, -0.15) is 0 Å². The number of carbonyl (C=O) groups excluding carboxylic acids is 2. The quantitative estimate of drug-likeness (QED) is 0.493. The number of nitrogens with one attached hydrogen (secondary N) is 1. The number of anilines is 1. The van der Waals surface area contributed by atoms with E-state index in [-0.39, 0.29) is 11.7 Å². The van der Waals surface area contributed by atoms with E-state index in [1.807, 2.05) is 36.4 Å². The second-order valence-corrected chi connectivity index (χ2v) is 6.41. The van der Waals surface area contributed by atoms with Crippen LogP contribution in [0.1, 0.15) is 15.9 Å². The molecular formula is C22H18ClNO2. The fourth-order valence-corrected chi connectivity index (χ4v) is 2.84. The molecule has 3 nitrogen and oxygen atoms in total. The molecule has 1 N–H and O–H groups in total. The summed E-state index contributed by atoms with van der Waals surface area (Å²) >= 11 is 5.93. The van der Waals surface area contributed by atoms with Gasteiger partial charge in [-0.05, 0) is 36.2 Å². The van der Waals surface area contributed by atoms with Gasteiger partial charge in [-0.1, -0.05) is 72.3 Å². The number of ketones is 1. The van der Waals surface area contributed by atoms with Gasteiger partial charge in [-0.15, -0.1) is 0 Å². The van der Waals surface area contributed by atoms with Gasteiger partial charge in [0.15, 0.2) is 5.78 Å². The standard InChI is InChI=1S/C22H18ClNO2/c23-18-13-11-16(12-14-18)15-20(21(25)17-7-3-1-4-8-17)22(26)24-19-9-5-2-6-10-19/h1-14,20H,15H2,(H,24,26). The monoisotopic (exact) mass is 363 g/mol. The predicted octanol–water partition coefficient (Wildman–Crippen LogP) is 5.02. The van der Waals surface area contributed by atoms with Crippen molar-refractivity contribution in [3.63, 3.8) is 0 Å². The molecular weight excluding hydrogens is 346 g/mol. The third-order valence-electron chi connectivity index (χ3n) is 4.09. The Morgan fingerprint density at radius 2 is 1.38 bits per heavy atom. The lowest BCUT2D eigenvalue weighted by Crippen LogP contribution is -2.31. The molecule has 3 aromatic rings. The molecule has 0 aliphatic heterocycles. The highest BCUT2D eigenvalue weighted by atomic mass is 35.5. The summed E-state index contributed by atoms with van der Waals surface area (Å²) in [5.74, 6) is -1.34. The molecule has 1 amide bonds. The van der Waals surface area contributed by atoms with Crippen molar-refractivity contribution in [2.75, 3.05) is 5.32 Å². The number of amides is 1. The van der Waals surface area contributed by atoms with Gasteiger partial charge >= 0.3 is 0 Å². The van der Waals surface area contributed by atoms with E-state index in [1.165, 1.54) is 0 Å². The molecule has 0 aliphatic carbocycles. The lowest BCUT2D eigenvalue weighted by atomic mass is 9.90. The van der Waals surface area contributed by atoms with E-state index >= 15 is 0 Å². The maximum absolute atomic E-state index is 13.0. The third kappa shape index (κ3) is 4.58. The van der Waals surface area contributed by atoms with E-state index in [0.29, 0.717) is 22.7 Å². The highest BCUT2D eigenvalue weighted by Gasteiger charge is 2.28. The van der Waals surface area contributed by atoms with E-state index < -0.39 is 5.92 Å². The zero-order chi connectivity index (χ0) is 18.4. The van der Waals surface area contributed by atoms with Gasteiger partial charge < -0.3 is 5.32 Å². The van der Waals surface area contributed by atoms with Crippen LogP contribution in [-0.4, -0.2) is 11.7 Å². The highest BCUT2D eigenvalue weighted by molar-refractivity contribution is 6.30. The smallest absolute Gasteiger partial charge is 0.235 e. The molecule has 0 spiro atoms. The second-order valence-electron chi connectivity index (χ2n) is 5.97. The Bertz CT molecular complexity index is 877. The second kappa shape index (κ2) is 8.45. The average Bonchev–Trinajstić information content (AvgIpc) is 2.68. The van der Waals surface area contributed by atoms with Crippen LogP contribution in [0, 0.1) is 5.92 Å². The van der Waals surface area contributed by atoms with Crippen molar-refractivity contribution in [1.82, 2.24) is 0 Å². The van der Waals surface area contributed by atoms with Gasteiger partial charge in [0.25, 0.3) is 0 Å². The molecule has 0 fully saturated rings. The summed E-state index contributed by atoms with van der Waals surface area (Å²) in [4.78, 5) is 25.8. The molecule has 0 aromatic heterocycles. The Labute approximate surface area is 157 Å². The summed E-state index contributed by atoms with van der Waals surface area (Å²) < 4.78 is 0. The first kappa shape index (κ1) is 17.9. The number of para-hydroxylation sites is 1. The Hall–Kier alpha value is -2.91. The Kier molecular flexibility index (Phi) is 5.82. The summed E-state index contributed by atoms with van der Waals surface area (Å²) in [5.41, 5.74) is 2.07. The van der Waals surface area contributed by atoms with Crippen molar-refractivity contribution in [2.24, 2.45) is 5.92 Å². The SMILES string of the molecule is O=C(Nc1ccccc1)C(Cc1ccc(Cl)cc1)C(=O)c1ccccc1. The zero-order valence-corrected chi connectivity index (χ0v) is 14.8. The molecule has 0 saturated carbocycles. The molecule has 0 saturated heterocycles. The Morgan fingerprint density at radius 1 is 0.808 bits per heavy atom. The maximum atomic E-state index is 13.0. The van der Waals surface area contributed by atoms with Crippen LogP contribution in [0.5, 0.6) is 0 Å². The van der Waals surface area contributed by atoms with Crippen molar-refractivity contribution in [3.8, 4) is 0 Å². The number of halogens is 1. The number of benzene rings is 3. The summed E-state index contributed by atoms with van der Waals surface area (Å²) in [6, 6.07) is 25.2. The van der Waals surface area contributed by atoms with Crippen LogP contribution in [0.4, 0.5) is 5.69 Å². The van der Waals surface area contributed by atoms with Crippen molar-refractivity contribution in [1.29, 1.82) is 0 Å². The number of hydrogen-bond donors (Lipinski definition) is 1. The fraction of sp³-hybridized carbons (Fsp3) is 0.0909. The molecule has 3 aromatic carbocycles. The minimum atomic E-state index is -0.821. The Balaban J connectivity index is 1.86. The van der Waals surface area contributed by atoms with Crippen molar-refractivity contribution in [2.45, 2.75) is 6.42 Å². The lowest BCUT2D eigenvalue weighted by molar-refractivity contribution is -0.118. The van der Waals surface area contributed by atoms with E-state index in [4.69, 9.17) is 11.6 Å². The minimum absolute atomic E-state index is 0.200. The molecule has 1 unspecified atom stereocenters. The topological polar surface area (TPSA) is 46.2 Å². The number of hydrogen-bond acceptors (Lipinski definition) is 2. The summed E-state index contributed by atoms with van der Waals surface area (Å²) in [7, 11) is 0. The summed E-state index contributed by atoms with van der Waals surface area (Å²) in [5, 5.41) is 3.46. The first-order chi connectivity index (χ1) is 12.6. The first-order valence-corrected chi connectivity index (χ1v) is 8.71. The predicted molar refractivity (Wildman–Crippen MR) is 104 cm³/mol. The van der Waals surface area contributed by atoms with E-state index in [1.54, 1.807) is 48.5 Å². The molecule has 1 atom stereocenters. The van der Waals surface area contributed by atoms with Crippen LogP contribution in [0.2, 0.25) is 5.02 Å². The Morgan fingerprint density at radius 3 is 2.00 bits per heavy atom. The molecule has 3 rings (SSSR count). The van der Waals surface area contributed by atoms with Crippen LogP contribution in [0.3, 0.4) is 0 Å². The molecule has 0 aliphatic rings. The zero-order valence-electron chi connectivity index (χ0n) is 14.1. The third-order valence-corrected chi connectivity index (χ3v) is 4.34. The van der Waals surface area contributed by atoms with Crippen LogP contribution in [-0.2, 0) is 11.2 Å². The van der Waals surface area contributed by atoms with Crippen molar-refractivity contribution >= 4 is 29.0 Å². The molecule has 0 heterocycles.